The zero-order chi connectivity index (χ0) is 18.3. The van der Waals surface area contributed by atoms with Gasteiger partial charge >= 0.3 is 0 Å². The molecule has 0 radical (unpaired) electrons. The molecule has 1 aliphatic heterocycles. The highest BCUT2D eigenvalue weighted by Crippen LogP contribution is 2.40. The predicted octanol–water partition coefficient (Wildman–Crippen LogP) is 2.99. The molecule has 1 aromatic heterocycles. The number of nitrogens with zero attached hydrogens (tertiary/aromatic N) is 1. The molecule has 2 heterocycles. The van der Waals surface area contributed by atoms with Gasteiger partial charge in [0.05, 0.1) is 10.3 Å². The van der Waals surface area contributed by atoms with Crippen molar-refractivity contribution in [3.05, 3.63) is 47.7 Å². The summed E-state index contributed by atoms with van der Waals surface area (Å²) in [6, 6.07) is 10.0. The maximum atomic E-state index is 12.3. The average molecular weight is 375 g/mol. The van der Waals surface area contributed by atoms with Gasteiger partial charge in [0.15, 0.2) is 17.6 Å². The van der Waals surface area contributed by atoms with E-state index in [0.717, 1.165) is 5.56 Å². The van der Waals surface area contributed by atoms with Crippen LogP contribution in [0.2, 0.25) is 0 Å². The van der Waals surface area contributed by atoms with E-state index in [4.69, 9.17) is 18.2 Å². The van der Waals surface area contributed by atoms with E-state index >= 15 is 0 Å². The Labute approximate surface area is 150 Å². The zero-order valence-corrected chi connectivity index (χ0v) is 15.1. The lowest BCUT2D eigenvalue weighted by Gasteiger charge is -2.26. The minimum Gasteiger partial charge on any atom is -0.486 e. The molecule has 0 amide bonds. The topological polar surface area (TPSA) is 87.9 Å². The third kappa shape index (κ3) is 3.02. The van der Waals surface area contributed by atoms with Gasteiger partial charge in [0.1, 0.15) is 24.5 Å². The lowest BCUT2D eigenvalue weighted by Crippen LogP contribution is -2.34. The number of hydrogen-bond acceptors (Lipinski definition) is 7. The Hall–Kier alpha value is -2.58. The van der Waals surface area contributed by atoms with Crippen LogP contribution in [0.15, 0.2) is 45.8 Å². The molecule has 0 aliphatic carbocycles. The van der Waals surface area contributed by atoms with Crippen LogP contribution >= 0.6 is 0 Å². The first kappa shape index (κ1) is 16.9. The van der Waals surface area contributed by atoms with Crippen LogP contribution in [0.25, 0.3) is 10.9 Å². The Morgan fingerprint density at radius 1 is 1.15 bits per heavy atom. The molecule has 0 saturated carbocycles. The molecule has 4 rings (SSSR count). The van der Waals surface area contributed by atoms with Crippen molar-refractivity contribution in [2.75, 3.05) is 13.2 Å². The van der Waals surface area contributed by atoms with E-state index in [1.807, 2.05) is 6.92 Å². The van der Waals surface area contributed by atoms with Crippen LogP contribution < -0.4 is 9.47 Å². The minimum atomic E-state index is -3.86. The lowest BCUT2D eigenvalue weighted by molar-refractivity contribution is 0.0571. The third-order valence-electron chi connectivity index (χ3n) is 4.16. The van der Waals surface area contributed by atoms with Gasteiger partial charge in [0.2, 0.25) is 0 Å². The molecule has 1 unspecified atom stereocenters. The number of aromatic nitrogens is 1. The summed E-state index contributed by atoms with van der Waals surface area (Å²) in [5.41, 5.74) is 1.62. The Morgan fingerprint density at radius 2 is 1.92 bits per heavy atom. The van der Waals surface area contributed by atoms with Crippen LogP contribution in [-0.4, -0.2) is 32.9 Å². The molecule has 1 atom stereocenters. The number of rotatable bonds is 4. The number of aryl methyl sites for hydroxylation is 2. The second-order valence-electron chi connectivity index (χ2n) is 6.13. The largest absolute Gasteiger partial charge is 0.486 e. The van der Waals surface area contributed by atoms with Crippen molar-refractivity contribution in [1.29, 1.82) is 0 Å². The van der Waals surface area contributed by atoms with E-state index in [-0.39, 0.29) is 18.1 Å². The Balaban J connectivity index is 1.52. The summed E-state index contributed by atoms with van der Waals surface area (Å²) in [5, 5.41) is 4.66. The van der Waals surface area contributed by atoms with Crippen molar-refractivity contribution < 1.29 is 26.6 Å². The van der Waals surface area contributed by atoms with Crippen LogP contribution in [0.4, 0.5) is 0 Å². The maximum Gasteiger partial charge on any atom is 0.297 e. The van der Waals surface area contributed by atoms with Crippen LogP contribution in [0.1, 0.15) is 11.3 Å². The normalized spacial score (nSPS) is 16.8. The van der Waals surface area contributed by atoms with Gasteiger partial charge in [0.25, 0.3) is 10.1 Å². The lowest BCUT2D eigenvalue weighted by atomic mass is 10.1. The van der Waals surface area contributed by atoms with E-state index in [2.05, 4.69) is 5.16 Å². The van der Waals surface area contributed by atoms with Gasteiger partial charge in [-0.15, -0.1) is 0 Å². The van der Waals surface area contributed by atoms with Gasteiger partial charge in [0, 0.05) is 0 Å². The summed E-state index contributed by atoms with van der Waals surface area (Å²) in [5.74, 6) is 1.67. The van der Waals surface area contributed by atoms with E-state index < -0.39 is 16.2 Å². The first-order valence-electron chi connectivity index (χ1n) is 8.08. The van der Waals surface area contributed by atoms with Gasteiger partial charge in [-0.2, -0.15) is 8.42 Å². The molecule has 0 N–H and O–H groups in total. The van der Waals surface area contributed by atoms with Gasteiger partial charge in [-0.05, 0) is 38.1 Å². The van der Waals surface area contributed by atoms with Crippen molar-refractivity contribution in [2.45, 2.75) is 24.8 Å². The molecule has 7 nitrogen and oxygen atoms in total. The smallest absolute Gasteiger partial charge is 0.297 e. The molecule has 2 aromatic carbocycles. The van der Waals surface area contributed by atoms with Crippen molar-refractivity contribution in [2.24, 2.45) is 0 Å². The predicted molar refractivity (Wildman–Crippen MR) is 93.0 cm³/mol. The fourth-order valence-electron chi connectivity index (χ4n) is 2.77. The van der Waals surface area contributed by atoms with Gasteiger partial charge in [-0.3, -0.25) is 4.18 Å². The second-order valence-corrected chi connectivity index (χ2v) is 7.74. The van der Waals surface area contributed by atoms with Crippen LogP contribution in [-0.2, 0) is 14.3 Å². The number of benzene rings is 2. The summed E-state index contributed by atoms with van der Waals surface area (Å²) >= 11 is 0. The standard InChI is InChI=1S/C18H17NO6S/c1-11-3-5-14(6-4-11)26(20,21)23-10-13-9-22-16-8-7-15-17(18(16)24-13)12(2)25-19-15/h3-8,13H,9-10H2,1-2H3. The molecule has 1 aliphatic rings. The van der Waals surface area contributed by atoms with Gasteiger partial charge in [-0.1, -0.05) is 22.9 Å². The first-order chi connectivity index (χ1) is 12.4. The fourth-order valence-corrected chi connectivity index (χ4v) is 3.70. The van der Waals surface area contributed by atoms with Crippen molar-refractivity contribution in [3.8, 4) is 11.5 Å². The monoisotopic (exact) mass is 375 g/mol. The highest BCUT2D eigenvalue weighted by Gasteiger charge is 2.27. The Bertz CT molecular complexity index is 1060. The molecular weight excluding hydrogens is 358 g/mol. The third-order valence-corrected chi connectivity index (χ3v) is 5.46. The summed E-state index contributed by atoms with van der Waals surface area (Å²) < 4.78 is 46.6. The Kier molecular flexibility index (Phi) is 4.08. The summed E-state index contributed by atoms with van der Waals surface area (Å²) in [7, 11) is -3.86. The second kappa shape index (κ2) is 6.30. The molecule has 0 saturated heterocycles. The van der Waals surface area contributed by atoms with Crippen molar-refractivity contribution in [1.82, 2.24) is 5.16 Å². The maximum absolute atomic E-state index is 12.3. The highest BCUT2D eigenvalue weighted by atomic mass is 32.2. The van der Waals surface area contributed by atoms with E-state index in [0.29, 0.717) is 28.2 Å². The van der Waals surface area contributed by atoms with Gasteiger partial charge < -0.3 is 14.0 Å². The minimum absolute atomic E-state index is 0.109. The van der Waals surface area contributed by atoms with Gasteiger partial charge in [-0.25, -0.2) is 0 Å². The molecular formula is C18H17NO6S. The van der Waals surface area contributed by atoms with Crippen molar-refractivity contribution in [3.63, 3.8) is 0 Å². The fraction of sp³-hybridized carbons (Fsp3) is 0.278. The van der Waals surface area contributed by atoms with E-state index in [9.17, 15) is 8.42 Å². The van der Waals surface area contributed by atoms with Crippen molar-refractivity contribution >= 4 is 21.0 Å². The number of fused-ring (bicyclic) bond motifs is 3. The average Bonchev–Trinajstić information content (AvgIpc) is 3.02. The molecule has 0 bridgehead atoms. The molecule has 0 spiro atoms. The molecule has 8 heteroatoms. The zero-order valence-electron chi connectivity index (χ0n) is 14.3. The highest BCUT2D eigenvalue weighted by molar-refractivity contribution is 7.86. The molecule has 3 aromatic rings. The summed E-state index contributed by atoms with van der Waals surface area (Å²) in [6.45, 7) is 3.69. The SMILES string of the molecule is Cc1ccc(S(=O)(=O)OCC2COc3ccc4noc(C)c4c3O2)cc1. The van der Waals surface area contributed by atoms with E-state index in [1.165, 1.54) is 12.1 Å². The first-order valence-corrected chi connectivity index (χ1v) is 9.49. The van der Waals surface area contributed by atoms with Crippen LogP contribution in [0.3, 0.4) is 0 Å². The summed E-state index contributed by atoms with van der Waals surface area (Å²) in [6.07, 6.45) is -0.567. The summed E-state index contributed by atoms with van der Waals surface area (Å²) in [4.78, 5) is 0.109. The molecule has 0 fully saturated rings. The molecule has 26 heavy (non-hydrogen) atoms. The molecule has 136 valence electrons. The number of ether oxygens (including phenoxy) is 2. The quantitative estimate of drug-likeness (QED) is 0.648. The Morgan fingerprint density at radius 3 is 2.69 bits per heavy atom. The van der Waals surface area contributed by atoms with Crippen LogP contribution in [0.5, 0.6) is 11.5 Å². The number of hydrogen-bond donors (Lipinski definition) is 0. The van der Waals surface area contributed by atoms with Crippen LogP contribution in [0, 0.1) is 13.8 Å². The van der Waals surface area contributed by atoms with E-state index in [1.54, 1.807) is 31.2 Å².